The SMILES string of the molecule is CCn1cc(-c2c(F)ccc(N)c2F)cn1. The molecule has 1 heterocycles. The van der Waals surface area contributed by atoms with Gasteiger partial charge >= 0.3 is 0 Å². The van der Waals surface area contributed by atoms with Crippen LogP contribution < -0.4 is 5.73 Å². The number of hydrogen-bond donors (Lipinski definition) is 1. The van der Waals surface area contributed by atoms with Crippen molar-refractivity contribution in [3.63, 3.8) is 0 Å². The Labute approximate surface area is 91.5 Å². The van der Waals surface area contributed by atoms with Crippen molar-refractivity contribution in [1.82, 2.24) is 9.78 Å². The van der Waals surface area contributed by atoms with Crippen LogP contribution in [-0.4, -0.2) is 9.78 Å². The first kappa shape index (κ1) is 10.6. The number of nitrogens with zero attached hydrogens (tertiary/aromatic N) is 2. The van der Waals surface area contributed by atoms with E-state index < -0.39 is 11.6 Å². The Morgan fingerprint density at radius 3 is 2.75 bits per heavy atom. The van der Waals surface area contributed by atoms with Gasteiger partial charge in [0.2, 0.25) is 0 Å². The molecule has 0 aliphatic rings. The molecule has 0 aliphatic carbocycles. The van der Waals surface area contributed by atoms with Crippen LogP contribution in [0.5, 0.6) is 0 Å². The number of anilines is 1. The predicted octanol–water partition coefficient (Wildman–Crippen LogP) is 2.43. The minimum Gasteiger partial charge on any atom is -0.396 e. The van der Waals surface area contributed by atoms with E-state index in [9.17, 15) is 8.78 Å². The third-order valence-electron chi connectivity index (χ3n) is 2.37. The fourth-order valence-electron chi connectivity index (χ4n) is 1.50. The van der Waals surface area contributed by atoms with E-state index in [-0.39, 0.29) is 11.3 Å². The van der Waals surface area contributed by atoms with Crippen LogP contribution in [0.1, 0.15) is 6.92 Å². The highest BCUT2D eigenvalue weighted by atomic mass is 19.1. The Bertz CT molecular complexity index is 520. The molecule has 0 radical (unpaired) electrons. The highest BCUT2D eigenvalue weighted by Crippen LogP contribution is 2.28. The van der Waals surface area contributed by atoms with Gasteiger partial charge in [0, 0.05) is 18.3 Å². The Morgan fingerprint density at radius 1 is 1.38 bits per heavy atom. The summed E-state index contributed by atoms with van der Waals surface area (Å²) in [5, 5.41) is 3.97. The smallest absolute Gasteiger partial charge is 0.156 e. The number of rotatable bonds is 2. The second-order valence-electron chi connectivity index (χ2n) is 3.41. The van der Waals surface area contributed by atoms with Crippen LogP contribution in [0.2, 0.25) is 0 Å². The second-order valence-corrected chi connectivity index (χ2v) is 3.41. The largest absolute Gasteiger partial charge is 0.396 e. The van der Waals surface area contributed by atoms with Gasteiger partial charge in [0.05, 0.1) is 17.4 Å². The Hall–Kier alpha value is -1.91. The van der Waals surface area contributed by atoms with Crippen LogP contribution in [-0.2, 0) is 6.54 Å². The van der Waals surface area contributed by atoms with E-state index in [1.807, 2.05) is 6.92 Å². The predicted molar refractivity (Wildman–Crippen MR) is 57.7 cm³/mol. The molecule has 0 atom stereocenters. The molecule has 0 amide bonds. The molecule has 0 spiro atoms. The quantitative estimate of drug-likeness (QED) is 0.794. The zero-order chi connectivity index (χ0) is 11.7. The lowest BCUT2D eigenvalue weighted by atomic mass is 10.1. The molecule has 0 fully saturated rings. The van der Waals surface area contributed by atoms with E-state index in [2.05, 4.69) is 5.10 Å². The number of hydrogen-bond acceptors (Lipinski definition) is 2. The summed E-state index contributed by atoms with van der Waals surface area (Å²) in [7, 11) is 0. The summed E-state index contributed by atoms with van der Waals surface area (Å²) in [6.07, 6.45) is 3.01. The topological polar surface area (TPSA) is 43.8 Å². The molecule has 0 bridgehead atoms. The van der Waals surface area contributed by atoms with E-state index in [1.165, 1.54) is 12.3 Å². The van der Waals surface area contributed by atoms with Crippen LogP contribution in [0.15, 0.2) is 24.5 Å². The maximum absolute atomic E-state index is 13.7. The summed E-state index contributed by atoms with van der Waals surface area (Å²) >= 11 is 0. The third kappa shape index (κ3) is 1.64. The number of nitrogen functional groups attached to an aromatic ring is 1. The fourth-order valence-corrected chi connectivity index (χ4v) is 1.50. The molecule has 16 heavy (non-hydrogen) atoms. The number of benzene rings is 1. The minimum absolute atomic E-state index is 0.0688. The molecule has 84 valence electrons. The maximum Gasteiger partial charge on any atom is 0.156 e. The Balaban J connectivity index is 2.58. The van der Waals surface area contributed by atoms with Crippen LogP contribution in [0.25, 0.3) is 11.1 Å². The van der Waals surface area contributed by atoms with Crippen molar-refractivity contribution in [1.29, 1.82) is 0 Å². The van der Waals surface area contributed by atoms with Gasteiger partial charge in [-0.2, -0.15) is 5.10 Å². The normalized spacial score (nSPS) is 10.7. The zero-order valence-corrected chi connectivity index (χ0v) is 8.74. The van der Waals surface area contributed by atoms with E-state index in [1.54, 1.807) is 10.9 Å². The van der Waals surface area contributed by atoms with E-state index >= 15 is 0 Å². The lowest BCUT2D eigenvalue weighted by molar-refractivity contribution is 0.592. The molecule has 0 saturated heterocycles. The summed E-state index contributed by atoms with van der Waals surface area (Å²) in [5.41, 5.74) is 5.60. The van der Waals surface area contributed by atoms with Gasteiger partial charge in [0.15, 0.2) is 5.82 Å². The van der Waals surface area contributed by atoms with Crippen LogP contribution in [0.4, 0.5) is 14.5 Å². The molecule has 5 heteroatoms. The molecule has 2 aromatic rings. The summed E-state index contributed by atoms with van der Waals surface area (Å²) < 4.78 is 28.8. The Kier molecular flexibility index (Phi) is 2.60. The molecular formula is C11H11F2N3. The number of nitrogens with two attached hydrogens (primary N) is 1. The molecule has 2 N–H and O–H groups in total. The average molecular weight is 223 g/mol. The van der Waals surface area contributed by atoms with Gasteiger partial charge in [-0.3, -0.25) is 4.68 Å². The molecule has 0 aliphatic heterocycles. The van der Waals surface area contributed by atoms with Gasteiger partial charge in [-0.1, -0.05) is 0 Å². The number of aromatic nitrogens is 2. The van der Waals surface area contributed by atoms with Crippen molar-refractivity contribution >= 4 is 5.69 Å². The van der Waals surface area contributed by atoms with Crippen molar-refractivity contribution in [2.45, 2.75) is 13.5 Å². The van der Waals surface area contributed by atoms with Gasteiger partial charge in [-0.05, 0) is 19.1 Å². The van der Waals surface area contributed by atoms with E-state index in [0.29, 0.717) is 12.1 Å². The highest BCUT2D eigenvalue weighted by molar-refractivity contribution is 5.68. The summed E-state index contributed by atoms with van der Waals surface area (Å²) in [5.74, 6) is -1.38. The van der Waals surface area contributed by atoms with E-state index in [4.69, 9.17) is 5.73 Å². The molecule has 2 rings (SSSR count). The first-order valence-electron chi connectivity index (χ1n) is 4.89. The van der Waals surface area contributed by atoms with Crippen LogP contribution in [0.3, 0.4) is 0 Å². The first-order chi connectivity index (χ1) is 7.63. The summed E-state index contributed by atoms with van der Waals surface area (Å²) in [6, 6.07) is 2.36. The molecule has 0 unspecified atom stereocenters. The van der Waals surface area contributed by atoms with Crippen LogP contribution in [0, 0.1) is 11.6 Å². The summed E-state index contributed by atoms with van der Waals surface area (Å²) in [6.45, 7) is 2.54. The molecule has 3 nitrogen and oxygen atoms in total. The third-order valence-corrected chi connectivity index (χ3v) is 2.37. The van der Waals surface area contributed by atoms with Crippen LogP contribution >= 0.6 is 0 Å². The van der Waals surface area contributed by atoms with Gasteiger partial charge in [0.1, 0.15) is 5.82 Å². The minimum atomic E-state index is -0.740. The van der Waals surface area contributed by atoms with E-state index in [0.717, 1.165) is 6.07 Å². The first-order valence-corrected chi connectivity index (χ1v) is 4.89. The van der Waals surface area contributed by atoms with Gasteiger partial charge in [-0.15, -0.1) is 0 Å². The lowest BCUT2D eigenvalue weighted by Gasteiger charge is -2.04. The standard InChI is InChI=1S/C11H11F2N3/c1-2-16-6-7(5-15-16)10-8(12)3-4-9(14)11(10)13/h3-6H,2,14H2,1H3. The fraction of sp³-hybridized carbons (Fsp3) is 0.182. The Morgan fingerprint density at radius 2 is 2.12 bits per heavy atom. The maximum atomic E-state index is 13.7. The second kappa shape index (κ2) is 3.92. The van der Waals surface area contributed by atoms with Crippen molar-refractivity contribution in [2.24, 2.45) is 0 Å². The van der Waals surface area contributed by atoms with Crippen molar-refractivity contribution < 1.29 is 8.78 Å². The van der Waals surface area contributed by atoms with Crippen molar-refractivity contribution in [3.05, 3.63) is 36.2 Å². The zero-order valence-electron chi connectivity index (χ0n) is 8.74. The average Bonchev–Trinajstić information content (AvgIpc) is 2.73. The van der Waals surface area contributed by atoms with Gasteiger partial charge in [0.25, 0.3) is 0 Å². The van der Waals surface area contributed by atoms with Gasteiger partial charge < -0.3 is 5.73 Å². The molecular weight excluding hydrogens is 212 g/mol. The van der Waals surface area contributed by atoms with Gasteiger partial charge in [-0.25, -0.2) is 8.78 Å². The van der Waals surface area contributed by atoms with Crippen molar-refractivity contribution in [3.8, 4) is 11.1 Å². The number of halogens is 2. The molecule has 1 aromatic carbocycles. The monoisotopic (exact) mass is 223 g/mol. The highest BCUT2D eigenvalue weighted by Gasteiger charge is 2.15. The summed E-state index contributed by atoms with van der Waals surface area (Å²) in [4.78, 5) is 0. The number of aryl methyl sites for hydroxylation is 1. The molecule has 0 saturated carbocycles. The molecule has 1 aromatic heterocycles. The lowest BCUT2D eigenvalue weighted by Crippen LogP contribution is -1.96. The van der Waals surface area contributed by atoms with Crippen molar-refractivity contribution in [2.75, 3.05) is 5.73 Å².